The molecule has 0 radical (unpaired) electrons. The number of hydrogen-bond acceptors (Lipinski definition) is 5. The molecule has 0 atom stereocenters. The van der Waals surface area contributed by atoms with Crippen LogP contribution in [0.3, 0.4) is 0 Å². The molecule has 2 aromatic carbocycles. The minimum absolute atomic E-state index is 0.0287. The zero-order valence-corrected chi connectivity index (χ0v) is 13.0. The van der Waals surface area contributed by atoms with Crippen molar-refractivity contribution in [2.45, 2.75) is 5.22 Å². The topological polar surface area (TPSA) is 68.0 Å². The second-order valence-electron chi connectivity index (χ2n) is 4.70. The first-order chi connectivity index (χ1) is 11.6. The second-order valence-corrected chi connectivity index (χ2v) is 5.63. The van der Waals surface area contributed by atoms with E-state index >= 15 is 0 Å². The van der Waals surface area contributed by atoms with Crippen molar-refractivity contribution in [2.24, 2.45) is 0 Å². The molecule has 0 bridgehead atoms. The lowest BCUT2D eigenvalue weighted by Crippen LogP contribution is -2.14. The van der Waals surface area contributed by atoms with E-state index in [1.807, 2.05) is 0 Å². The molecule has 0 aliphatic heterocycles. The standard InChI is InChI=1S/C16H11F2N3O2S/c17-11-5-3-4-10(8-11)15-20-21-16(23-15)24-9-14(22)19-13-7-2-1-6-12(13)18/h1-8H,9H2,(H,19,22). The van der Waals surface area contributed by atoms with E-state index in [1.54, 1.807) is 12.1 Å². The van der Waals surface area contributed by atoms with Gasteiger partial charge in [0.2, 0.25) is 11.8 Å². The Bertz CT molecular complexity index is 870. The number of rotatable bonds is 5. The van der Waals surface area contributed by atoms with E-state index in [9.17, 15) is 13.6 Å². The summed E-state index contributed by atoms with van der Waals surface area (Å²) in [5.41, 5.74) is 0.555. The third-order valence-electron chi connectivity index (χ3n) is 2.95. The SMILES string of the molecule is O=C(CSc1nnc(-c2cccc(F)c2)o1)Nc1ccccc1F. The quantitative estimate of drug-likeness (QED) is 0.712. The average molecular weight is 347 g/mol. The van der Waals surface area contributed by atoms with E-state index in [0.29, 0.717) is 5.56 Å². The normalized spacial score (nSPS) is 10.6. The van der Waals surface area contributed by atoms with Gasteiger partial charge >= 0.3 is 0 Å². The number of carbonyl (C=O) groups is 1. The van der Waals surface area contributed by atoms with E-state index in [0.717, 1.165) is 11.8 Å². The number of para-hydroxylation sites is 1. The maximum atomic E-state index is 13.4. The fourth-order valence-corrected chi connectivity index (χ4v) is 2.45. The van der Waals surface area contributed by atoms with Crippen molar-refractivity contribution in [2.75, 3.05) is 11.1 Å². The summed E-state index contributed by atoms with van der Waals surface area (Å²) >= 11 is 1.00. The number of halogens is 2. The summed E-state index contributed by atoms with van der Waals surface area (Å²) in [5.74, 6) is -1.20. The summed E-state index contributed by atoms with van der Waals surface area (Å²) in [6, 6.07) is 11.6. The number of thioether (sulfide) groups is 1. The van der Waals surface area contributed by atoms with Crippen LogP contribution in [0.4, 0.5) is 14.5 Å². The molecule has 3 aromatic rings. The fourth-order valence-electron chi connectivity index (χ4n) is 1.88. The fraction of sp³-hybridized carbons (Fsp3) is 0.0625. The Morgan fingerprint density at radius 1 is 1.12 bits per heavy atom. The number of benzene rings is 2. The minimum atomic E-state index is -0.512. The Morgan fingerprint density at radius 2 is 1.96 bits per heavy atom. The first-order valence-corrected chi connectivity index (χ1v) is 7.87. The van der Waals surface area contributed by atoms with Crippen molar-refractivity contribution < 1.29 is 18.0 Å². The van der Waals surface area contributed by atoms with Gasteiger partial charge in [0.05, 0.1) is 11.4 Å². The second kappa shape index (κ2) is 7.22. The van der Waals surface area contributed by atoms with Crippen LogP contribution in [0.1, 0.15) is 0 Å². The number of aromatic nitrogens is 2. The Balaban J connectivity index is 1.59. The largest absolute Gasteiger partial charge is 0.411 e. The van der Waals surface area contributed by atoms with Crippen LogP contribution in [0.25, 0.3) is 11.5 Å². The number of amides is 1. The highest BCUT2D eigenvalue weighted by Gasteiger charge is 2.12. The molecule has 5 nitrogen and oxygen atoms in total. The van der Waals surface area contributed by atoms with Crippen LogP contribution in [0.2, 0.25) is 0 Å². The van der Waals surface area contributed by atoms with Crippen LogP contribution in [0.5, 0.6) is 0 Å². The molecule has 122 valence electrons. The predicted molar refractivity (Wildman–Crippen MR) is 85.4 cm³/mol. The molecule has 0 saturated carbocycles. The van der Waals surface area contributed by atoms with Crippen LogP contribution in [-0.2, 0) is 4.79 Å². The Hall–Kier alpha value is -2.74. The molecular formula is C16H11F2N3O2S. The van der Waals surface area contributed by atoms with Crippen molar-refractivity contribution in [3.05, 3.63) is 60.2 Å². The van der Waals surface area contributed by atoms with E-state index in [2.05, 4.69) is 15.5 Å². The average Bonchev–Trinajstić information content (AvgIpc) is 3.04. The maximum Gasteiger partial charge on any atom is 0.277 e. The molecule has 0 aliphatic rings. The van der Waals surface area contributed by atoms with Gasteiger partial charge in [-0.25, -0.2) is 8.78 Å². The highest BCUT2D eigenvalue weighted by Crippen LogP contribution is 2.23. The van der Waals surface area contributed by atoms with E-state index in [4.69, 9.17) is 4.42 Å². The number of nitrogens with one attached hydrogen (secondary N) is 1. The number of anilines is 1. The Kier molecular flexibility index (Phi) is 4.85. The molecule has 1 heterocycles. The first-order valence-electron chi connectivity index (χ1n) is 6.88. The van der Waals surface area contributed by atoms with Gasteiger partial charge in [-0.1, -0.05) is 30.0 Å². The molecule has 24 heavy (non-hydrogen) atoms. The van der Waals surface area contributed by atoms with Gasteiger partial charge in [0.1, 0.15) is 11.6 Å². The lowest BCUT2D eigenvalue weighted by atomic mass is 10.2. The zero-order valence-electron chi connectivity index (χ0n) is 12.2. The van der Waals surface area contributed by atoms with E-state index in [1.165, 1.54) is 36.4 Å². The van der Waals surface area contributed by atoms with Crippen molar-refractivity contribution in [3.8, 4) is 11.5 Å². The van der Waals surface area contributed by atoms with Crippen molar-refractivity contribution in [1.82, 2.24) is 10.2 Å². The first kappa shape index (κ1) is 16.1. The van der Waals surface area contributed by atoms with Gasteiger partial charge in [-0.05, 0) is 30.3 Å². The molecule has 1 N–H and O–H groups in total. The Morgan fingerprint density at radius 3 is 2.75 bits per heavy atom. The summed E-state index contributed by atoms with van der Waals surface area (Å²) in [6.07, 6.45) is 0. The van der Waals surface area contributed by atoms with Crippen LogP contribution < -0.4 is 5.32 Å². The molecule has 0 saturated heterocycles. The summed E-state index contributed by atoms with van der Waals surface area (Å²) in [7, 11) is 0. The molecule has 0 aliphatic carbocycles. The highest BCUT2D eigenvalue weighted by atomic mass is 32.2. The van der Waals surface area contributed by atoms with Gasteiger partial charge in [0.25, 0.3) is 5.22 Å². The van der Waals surface area contributed by atoms with Gasteiger partial charge in [0.15, 0.2) is 0 Å². The molecular weight excluding hydrogens is 336 g/mol. The Labute approximate surface area is 140 Å². The third kappa shape index (κ3) is 3.96. The molecule has 8 heteroatoms. The molecule has 0 unspecified atom stereocenters. The van der Waals surface area contributed by atoms with Gasteiger partial charge in [-0.15, -0.1) is 10.2 Å². The molecule has 3 rings (SSSR count). The lowest BCUT2D eigenvalue weighted by molar-refractivity contribution is -0.113. The van der Waals surface area contributed by atoms with E-state index < -0.39 is 17.5 Å². The van der Waals surface area contributed by atoms with E-state index in [-0.39, 0.29) is 22.6 Å². The molecule has 0 spiro atoms. The van der Waals surface area contributed by atoms with Gasteiger partial charge < -0.3 is 9.73 Å². The lowest BCUT2D eigenvalue weighted by Gasteiger charge is -2.04. The number of carbonyl (C=O) groups excluding carboxylic acids is 1. The summed E-state index contributed by atoms with van der Waals surface area (Å²) in [6.45, 7) is 0. The molecule has 1 aromatic heterocycles. The van der Waals surface area contributed by atoms with Gasteiger partial charge in [-0.2, -0.15) is 0 Å². The summed E-state index contributed by atoms with van der Waals surface area (Å²) in [5, 5.41) is 10.2. The van der Waals surface area contributed by atoms with Crippen LogP contribution >= 0.6 is 11.8 Å². The van der Waals surface area contributed by atoms with Gasteiger partial charge in [0, 0.05) is 5.56 Å². The third-order valence-corrected chi connectivity index (χ3v) is 3.77. The van der Waals surface area contributed by atoms with Crippen molar-refractivity contribution in [1.29, 1.82) is 0 Å². The van der Waals surface area contributed by atoms with Crippen LogP contribution in [-0.4, -0.2) is 21.9 Å². The summed E-state index contributed by atoms with van der Waals surface area (Å²) in [4.78, 5) is 11.8. The smallest absolute Gasteiger partial charge is 0.277 e. The summed E-state index contributed by atoms with van der Waals surface area (Å²) < 4.78 is 32.0. The van der Waals surface area contributed by atoms with Crippen LogP contribution in [0, 0.1) is 11.6 Å². The minimum Gasteiger partial charge on any atom is -0.411 e. The van der Waals surface area contributed by atoms with Gasteiger partial charge in [-0.3, -0.25) is 4.79 Å². The predicted octanol–water partition coefficient (Wildman–Crippen LogP) is 3.75. The van der Waals surface area contributed by atoms with Crippen molar-refractivity contribution in [3.63, 3.8) is 0 Å². The monoisotopic (exact) mass is 347 g/mol. The molecule has 0 fully saturated rings. The van der Waals surface area contributed by atoms with Crippen LogP contribution in [0.15, 0.2) is 58.2 Å². The highest BCUT2D eigenvalue weighted by molar-refractivity contribution is 7.99. The van der Waals surface area contributed by atoms with Crippen molar-refractivity contribution >= 4 is 23.4 Å². The molecule has 1 amide bonds. The number of hydrogen-bond donors (Lipinski definition) is 1. The number of nitrogens with zero attached hydrogens (tertiary/aromatic N) is 2. The maximum absolute atomic E-state index is 13.4. The zero-order chi connectivity index (χ0) is 16.9.